The molecule has 580 valence electrons. The SMILES string of the molecule is CCCC(CO)CCCCNC(=O)C[C@H](CCCCNC(=O)COCCOCCNC(=O)CCC(C)[C@H]1CCC2C3C(CC[C@@]21C)[C@@]1(C)CC[C@@H](O)CC1C[C@H]3O)NC(=O)CCCNC(=O)COCCOCCNC(=O)CCC(C)[C@H]1CCC2C3C(CC[C@@]21C)[C@@]1(C)CC[C@@H](O)CC1C[C@H]3O. The first kappa shape index (κ1) is 83.1. The predicted octanol–water partition coefficient (Wildman–Crippen LogP) is 8.85. The van der Waals surface area contributed by atoms with Crippen LogP contribution in [0.1, 0.15) is 248 Å². The molecule has 21 nitrogen and oxygen atoms in total. The van der Waals surface area contributed by atoms with Crippen molar-refractivity contribution in [3.8, 4) is 0 Å². The molecule has 22 atom stereocenters. The second-order valence-corrected chi connectivity index (χ2v) is 34.4. The monoisotopic (exact) mass is 1430 g/mol. The predicted molar refractivity (Wildman–Crippen MR) is 389 cm³/mol. The van der Waals surface area contributed by atoms with Crippen molar-refractivity contribution in [3.05, 3.63) is 0 Å². The summed E-state index contributed by atoms with van der Waals surface area (Å²) in [5, 5.41) is 71.5. The summed E-state index contributed by atoms with van der Waals surface area (Å²) in [6, 6.07) is -0.424. The van der Waals surface area contributed by atoms with Gasteiger partial charge in [-0.2, -0.15) is 0 Å². The number of hydrogen-bond acceptors (Lipinski definition) is 15. The van der Waals surface area contributed by atoms with Crippen LogP contribution in [-0.2, 0) is 47.7 Å². The van der Waals surface area contributed by atoms with Gasteiger partial charge in [0.25, 0.3) is 0 Å². The Morgan fingerprint density at radius 1 is 0.426 bits per heavy atom. The minimum absolute atomic E-state index is 0.0175. The van der Waals surface area contributed by atoms with Gasteiger partial charge in [0.1, 0.15) is 13.2 Å². The molecule has 0 aromatic rings. The molecule has 6 amide bonds. The Morgan fingerprint density at radius 3 is 1.33 bits per heavy atom. The third kappa shape index (κ3) is 22.8. The molecule has 8 rings (SSSR count). The lowest BCUT2D eigenvalue weighted by atomic mass is 9.43. The highest BCUT2D eigenvalue weighted by atomic mass is 16.5. The molecule has 11 N–H and O–H groups in total. The number of aliphatic hydroxyl groups is 5. The maximum absolute atomic E-state index is 13.2. The molecule has 8 aliphatic rings. The van der Waals surface area contributed by atoms with Gasteiger partial charge in [-0.05, 0) is 259 Å². The van der Waals surface area contributed by atoms with Crippen LogP contribution in [0.5, 0.6) is 0 Å². The first-order chi connectivity index (χ1) is 48.4. The van der Waals surface area contributed by atoms with Crippen LogP contribution >= 0.6 is 0 Å². The molecule has 0 saturated heterocycles. The van der Waals surface area contributed by atoms with E-state index in [2.05, 4.69) is 80.4 Å². The Bertz CT molecular complexity index is 2570. The summed E-state index contributed by atoms with van der Waals surface area (Å²) in [7, 11) is 0. The Labute approximate surface area is 606 Å². The van der Waals surface area contributed by atoms with Crippen molar-refractivity contribution < 1.29 is 73.2 Å². The highest BCUT2D eigenvalue weighted by Crippen LogP contribution is 2.70. The van der Waals surface area contributed by atoms with Crippen LogP contribution in [0, 0.1) is 98.6 Å². The molecule has 11 unspecified atom stereocenters. The van der Waals surface area contributed by atoms with E-state index in [1.54, 1.807) is 0 Å². The molecule has 21 heteroatoms. The molecule has 8 saturated carbocycles. The molecule has 0 heterocycles. The third-order valence-corrected chi connectivity index (χ3v) is 28.2. The van der Waals surface area contributed by atoms with Crippen LogP contribution in [0.3, 0.4) is 0 Å². The Morgan fingerprint density at radius 2 is 0.851 bits per heavy atom. The number of amides is 6. The Balaban J connectivity index is 0.619. The van der Waals surface area contributed by atoms with E-state index in [0.29, 0.717) is 149 Å². The number of hydrogen-bond donors (Lipinski definition) is 11. The van der Waals surface area contributed by atoms with Gasteiger partial charge in [-0.3, -0.25) is 28.8 Å². The lowest BCUT2D eigenvalue weighted by Gasteiger charge is -2.62. The molecule has 8 fully saturated rings. The van der Waals surface area contributed by atoms with Crippen molar-refractivity contribution in [2.24, 2.45) is 98.6 Å². The molecule has 0 spiro atoms. The van der Waals surface area contributed by atoms with Crippen molar-refractivity contribution in [1.29, 1.82) is 0 Å². The van der Waals surface area contributed by atoms with Gasteiger partial charge in [-0.25, -0.2) is 0 Å². The lowest BCUT2D eigenvalue weighted by Crippen LogP contribution is -2.58. The largest absolute Gasteiger partial charge is 0.396 e. The van der Waals surface area contributed by atoms with Crippen LogP contribution in [-0.4, -0.2) is 184 Å². The van der Waals surface area contributed by atoms with Crippen molar-refractivity contribution in [1.82, 2.24) is 31.9 Å². The molecule has 0 aliphatic heterocycles. The van der Waals surface area contributed by atoms with Gasteiger partial charge in [0.2, 0.25) is 35.4 Å². The average Bonchev–Trinajstić information content (AvgIpc) is 1.71. The smallest absolute Gasteiger partial charge is 0.245 e. The second kappa shape index (κ2) is 40.4. The first-order valence-corrected chi connectivity index (χ1v) is 40.7. The van der Waals surface area contributed by atoms with Gasteiger partial charge in [-0.15, -0.1) is 0 Å². The maximum atomic E-state index is 13.2. The topological polar surface area (TPSA) is 313 Å². The van der Waals surface area contributed by atoms with E-state index in [1.807, 2.05) is 0 Å². The fourth-order valence-corrected chi connectivity index (χ4v) is 22.6. The van der Waals surface area contributed by atoms with Gasteiger partial charge < -0.3 is 76.4 Å². The van der Waals surface area contributed by atoms with E-state index in [4.69, 9.17) is 18.9 Å². The quantitative estimate of drug-likeness (QED) is 0.0254. The normalized spacial score (nSPS) is 34.5. The molecule has 0 aromatic carbocycles. The molecule has 0 radical (unpaired) electrons. The van der Waals surface area contributed by atoms with Crippen molar-refractivity contribution in [3.63, 3.8) is 0 Å². The minimum atomic E-state index is -0.424. The maximum Gasteiger partial charge on any atom is 0.245 e. The van der Waals surface area contributed by atoms with E-state index in [9.17, 15) is 54.3 Å². The van der Waals surface area contributed by atoms with Crippen LogP contribution in [0.15, 0.2) is 0 Å². The summed E-state index contributed by atoms with van der Waals surface area (Å²) in [4.78, 5) is 77.3. The van der Waals surface area contributed by atoms with E-state index in [1.165, 1.54) is 12.8 Å². The zero-order valence-corrected chi connectivity index (χ0v) is 63.5. The molecular formula is C80H140N6O15. The molecule has 101 heavy (non-hydrogen) atoms. The van der Waals surface area contributed by atoms with E-state index < -0.39 is 6.04 Å². The molecule has 0 aromatic heterocycles. The highest BCUT2D eigenvalue weighted by molar-refractivity contribution is 5.80. The number of rotatable bonds is 44. The minimum Gasteiger partial charge on any atom is -0.396 e. The van der Waals surface area contributed by atoms with Gasteiger partial charge in [0.15, 0.2) is 0 Å². The highest BCUT2D eigenvalue weighted by Gasteiger charge is 2.65. The second-order valence-electron chi connectivity index (χ2n) is 34.4. The van der Waals surface area contributed by atoms with Crippen molar-refractivity contribution in [2.75, 3.05) is 92.2 Å². The lowest BCUT2D eigenvalue weighted by molar-refractivity contribution is -0.174. The number of fused-ring (bicyclic) bond motifs is 10. The third-order valence-electron chi connectivity index (χ3n) is 28.2. The van der Waals surface area contributed by atoms with Crippen molar-refractivity contribution >= 4 is 35.4 Å². The van der Waals surface area contributed by atoms with Crippen LogP contribution in [0.4, 0.5) is 0 Å². The Kier molecular flexibility index (Phi) is 33.3. The van der Waals surface area contributed by atoms with Crippen LogP contribution < -0.4 is 31.9 Å². The molecule has 8 aliphatic carbocycles. The number of carbonyl (C=O) groups is 6. The van der Waals surface area contributed by atoms with Gasteiger partial charge in [-0.1, -0.05) is 61.3 Å². The van der Waals surface area contributed by atoms with E-state index in [-0.39, 0.29) is 153 Å². The fraction of sp³-hybridized carbons (Fsp3) is 0.925. The van der Waals surface area contributed by atoms with Gasteiger partial charge in [0.05, 0.1) is 64.1 Å². The summed E-state index contributed by atoms with van der Waals surface area (Å²) in [6.45, 7) is 20.1. The van der Waals surface area contributed by atoms with Crippen molar-refractivity contribution in [2.45, 2.75) is 278 Å². The van der Waals surface area contributed by atoms with Gasteiger partial charge in [0, 0.05) is 71.1 Å². The number of unbranched alkanes of at least 4 members (excludes halogenated alkanes) is 2. The van der Waals surface area contributed by atoms with Crippen LogP contribution in [0.25, 0.3) is 0 Å². The summed E-state index contributed by atoms with van der Waals surface area (Å²) in [5.41, 5.74) is 0.767. The zero-order valence-electron chi connectivity index (χ0n) is 63.5. The Hall–Kier alpha value is -3.54. The number of carbonyl (C=O) groups excluding carboxylic acids is 6. The van der Waals surface area contributed by atoms with E-state index >= 15 is 0 Å². The number of nitrogens with one attached hydrogen (secondary N) is 6. The van der Waals surface area contributed by atoms with Gasteiger partial charge >= 0.3 is 0 Å². The molecule has 0 bridgehead atoms. The number of aliphatic hydroxyl groups excluding tert-OH is 5. The molecular weight excluding hydrogens is 1280 g/mol. The van der Waals surface area contributed by atoms with E-state index in [0.717, 1.165) is 135 Å². The first-order valence-electron chi connectivity index (χ1n) is 40.7. The average molecular weight is 1430 g/mol. The summed E-state index contributed by atoms with van der Waals surface area (Å²) < 4.78 is 22.4. The van der Waals surface area contributed by atoms with Crippen LogP contribution in [0.2, 0.25) is 0 Å². The number of ether oxygens (including phenoxy) is 4. The zero-order chi connectivity index (χ0) is 72.7. The summed E-state index contributed by atoms with van der Waals surface area (Å²) in [5.74, 6) is 4.78. The summed E-state index contributed by atoms with van der Waals surface area (Å²) >= 11 is 0. The fourth-order valence-electron chi connectivity index (χ4n) is 22.6. The standard InChI is InChI=1S/C80H140N6O15/c1-8-14-55(50-87)15-9-11-34-81-72(95)49-58(16-10-12-35-82-73(96)51-100-43-41-98-39-37-84-69(92)24-18-53(2)61-20-22-63-75-65(28-32-79(61,63)6)77(4)30-26-59(88)45-56(77)47-67(75)90)86-71(94)17-13-36-83-74(97)52-101-44-42-99-40-38-85-70(93)25-19-54(3)62-21-23-64-76-66(29-33-80(62,64)7)78(5)31-27-60(89)46-57(78)48-68(76)91/h53-68,75-76,87-91H,8-52H2,1-7H3,(H,81,95)(H,82,96)(H,83,97)(H,84,92)(H,85,93)(H,86,94)/t53?,54?,55?,56?,57?,58-,59+,60+,61+,62+,63?,64?,65?,66?,67+,68+,75?,76?,77-,78-,79+,80+/m0/s1. The summed E-state index contributed by atoms with van der Waals surface area (Å²) in [6.07, 6.45) is 25.0.